The van der Waals surface area contributed by atoms with E-state index in [1.165, 1.54) is 0 Å². The van der Waals surface area contributed by atoms with Crippen LogP contribution in [0.15, 0.2) is 24.3 Å². The SMILES string of the molecule is CC(C)COc1ccc(CCNC(=O)C2(C(=O)O)CC2)cc1. The van der Waals surface area contributed by atoms with Crippen molar-refractivity contribution in [2.24, 2.45) is 11.3 Å². The molecule has 0 heterocycles. The number of rotatable bonds is 8. The molecule has 0 radical (unpaired) electrons. The summed E-state index contributed by atoms with van der Waals surface area (Å²) in [6.07, 6.45) is 1.55. The number of hydrogen-bond donors (Lipinski definition) is 2. The Morgan fingerprint density at radius 1 is 1.27 bits per heavy atom. The van der Waals surface area contributed by atoms with Gasteiger partial charge in [0, 0.05) is 6.54 Å². The molecule has 0 atom stereocenters. The van der Waals surface area contributed by atoms with Gasteiger partial charge in [0.15, 0.2) is 0 Å². The fraction of sp³-hybridized carbons (Fsp3) is 0.529. The highest BCUT2D eigenvalue weighted by Crippen LogP contribution is 2.46. The summed E-state index contributed by atoms with van der Waals surface area (Å²) in [7, 11) is 0. The monoisotopic (exact) mass is 305 g/mol. The van der Waals surface area contributed by atoms with E-state index in [0.29, 0.717) is 38.3 Å². The number of hydrogen-bond acceptors (Lipinski definition) is 3. The summed E-state index contributed by atoms with van der Waals surface area (Å²) in [5.74, 6) is -0.0586. The van der Waals surface area contributed by atoms with Crippen molar-refractivity contribution in [1.29, 1.82) is 0 Å². The third kappa shape index (κ3) is 4.00. The molecule has 0 aromatic heterocycles. The molecular weight excluding hydrogens is 282 g/mol. The summed E-state index contributed by atoms with van der Waals surface area (Å²) < 4.78 is 5.61. The van der Waals surface area contributed by atoms with Crippen molar-refractivity contribution in [1.82, 2.24) is 5.32 Å². The van der Waals surface area contributed by atoms with Gasteiger partial charge in [-0.15, -0.1) is 0 Å². The second-order valence-electron chi connectivity index (χ2n) is 6.24. The molecule has 0 spiro atoms. The molecule has 1 aliphatic carbocycles. The van der Waals surface area contributed by atoms with Gasteiger partial charge in [-0.3, -0.25) is 9.59 Å². The summed E-state index contributed by atoms with van der Waals surface area (Å²) in [5.41, 5.74) is -0.0773. The van der Waals surface area contributed by atoms with Crippen molar-refractivity contribution in [2.75, 3.05) is 13.2 Å². The second kappa shape index (κ2) is 6.81. The van der Waals surface area contributed by atoms with E-state index >= 15 is 0 Å². The van der Waals surface area contributed by atoms with E-state index in [9.17, 15) is 9.59 Å². The van der Waals surface area contributed by atoms with Crippen molar-refractivity contribution in [3.05, 3.63) is 29.8 Å². The number of carbonyl (C=O) groups is 2. The largest absolute Gasteiger partial charge is 0.493 e. The van der Waals surface area contributed by atoms with E-state index in [-0.39, 0.29) is 5.91 Å². The first-order chi connectivity index (χ1) is 10.4. The fourth-order valence-corrected chi connectivity index (χ4v) is 2.17. The van der Waals surface area contributed by atoms with Gasteiger partial charge >= 0.3 is 5.97 Å². The van der Waals surface area contributed by atoms with Crippen LogP contribution in [-0.2, 0) is 16.0 Å². The highest BCUT2D eigenvalue weighted by molar-refractivity contribution is 6.04. The molecule has 1 saturated carbocycles. The molecule has 120 valence electrons. The Balaban J connectivity index is 1.75. The fourth-order valence-electron chi connectivity index (χ4n) is 2.17. The molecule has 5 nitrogen and oxygen atoms in total. The zero-order chi connectivity index (χ0) is 16.2. The topological polar surface area (TPSA) is 75.6 Å². The molecule has 1 aromatic carbocycles. The molecule has 1 aromatic rings. The predicted octanol–water partition coefficient (Wildman–Crippen LogP) is 2.24. The van der Waals surface area contributed by atoms with Crippen LogP contribution in [0.2, 0.25) is 0 Å². The van der Waals surface area contributed by atoms with Gasteiger partial charge in [0.1, 0.15) is 11.2 Å². The number of benzene rings is 1. The molecule has 2 N–H and O–H groups in total. The molecule has 2 rings (SSSR count). The van der Waals surface area contributed by atoms with Gasteiger partial charge in [-0.05, 0) is 42.9 Å². The van der Waals surface area contributed by atoms with Gasteiger partial charge in [-0.2, -0.15) is 0 Å². The lowest BCUT2D eigenvalue weighted by molar-refractivity contribution is -0.149. The van der Waals surface area contributed by atoms with Crippen molar-refractivity contribution in [3.63, 3.8) is 0 Å². The molecule has 5 heteroatoms. The van der Waals surface area contributed by atoms with E-state index in [4.69, 9.17) is 9.84 Å². The molecule has 22 heavy (non-hydrogen) atoms. The normalized spacial score (nSPS) is 15.4. The maximum atomic E-state index is 11.9. The number of aliphatic carboxylic acids is 1. The molecule has 1 amide bonds. The van der Waals surface area contributed by atoms with Crippen LogP contribution in [0.5, 0.6) is 5.75 Å². The third-order valence-corrected chi connectivity index (χ3v) is 3.80. The van der Waals surface area contributed by atoms with Crippen LogP contribution in [-0.4, -0.2) is 30.1 Å². The van der Waals surface area contributed by atoms with Crippen LogP contribution < -0.4 is 10.1 Å². The first kappa shape index (κ1) is 16.3. The molecule has 1 fully saturated rings. The summed E-state index contributed by atoms with van der Waals surface area (Å²) >= 11 is 0. The van der Waals surface area contributed by atoms with Crippen LogP contribution in [0.4, 0.5) is 0 Å². The number of ether oxygens (including phenoxy) is 1. The van der Waals surface area contributed by atoms with Crippen LogP contribution >= 0.6 is 0 Å². The highest BCUT2D eigenvalue weighted by Gasteiger charge is 2.56. The smallest absolute Gasteiger partial charge is 0.319 e. The predicted molar refractivity (Wildman–Crippen MR) is 82.8 cm³/mol. The minimum atomic E-state index is -1.16. The average molecular weight is 305 g/mol. The van der Waals surface area contributed by atoms with Crippen LogP contribution in [0.1, 0.15) is 32.3 Å². The minimum absolute atomic E-state index is 0.364. The summed E-state index contributed by atoms with van der Waals surface area (Å²) in [4.78, 5) is 22.9. The van der Waals surface area contributed by atoms with Gasteiger partial charge in [-0.25, -0.2) is 0 Å². The van der Waals surface area contributed by atoms with Crippen LogP contribution in [0.25, 0.3) is 0 Å². The third-order valence-electron chi connectivity index (χ3n) is 3.80. The number of carbonyl (C=O) groups excluding carboxylic acids is 1. The van der Waals surface area contributed by atoms with Gasteiger partial charge < -0.3 is 15.2 Å². The minimum Gasteiger partial charge on any atom is -0.493 e. The van der Waals surface area contributed by atoms with Gasteiger partial charge in [0.25, 0.3) is 0 Å². The maximum Gasteiger partial charge on any atom is 0.319 e. The second-order valence-corrected chi connectivity index (χ2v) is 6.24. The lowest BCUT2D eigenvalue weighted by Crippen LogP contribution is -2.37. The summed E-state index contributed by atoms with van der Waals surface area (Å²) in [5, 5.41) is 11.8. The van der Waals surface area contributed by atoms with E-state index in [1.807, 2.05) is 24.3 Å². The zero-order valence-electron chi connectivity index (χ0n) is 13.1. The first-order valence-corrected chi connectivity index (χ1v) is 7.67. The Kier molecular flexibility index (Phi) is 5.06. The molecule has 0 aliphatic heterocycles. The van der Waals surface area contributed by atoms with Gasteiger partial charge in [0.2, 0.25) is 5.91 Å². The van der Waals surface area contributed by atoms with Gasteiger partial charge in [-0.1, -0.05) is 26.0 Å². The summed E-state index contributed by atoms with van der Waals surface area (Å²) in [6, 6.07) is 7.76. The standard InChI is InChI=1S/C17H23NO4/c1-12(2)11-22-14-5-3-13(4-6-14)7-10-18-15(19)17(8-9-17)16(20)21/h3-6,12H,7-11H2,1-2H3,(H,18,19)(H,20,21). The number of carboxylic acid groups (broad SMARTS) is 1. The Labute approximate surface area is 130 Å². The number of nitrogens with one attached hydrogen (secondary N) is 1. The lowest BCUT2D eigenvalue weighted by atomic mass is 10.1. The quantitative estimate of drug-likeness (QED) is 0.722. The Bertz CT molecular complexity index is 532. The molecular formula is C17H23NO4. The zero-order valence-corrected chi connectivity index (χ0v) is 13.1. The van der Waals surface area contributed by atoms with E-state index in [2.05, 4.69) is 19.2 Å². The van der Waals surface area contributed by atoms with Crippen LogP contribution in [0, 0.1) is 11.3 Å². The van der Waals surface area contributed by atoms with Gasteiger partial charge in [0.05, 0.1) is 6.61 Å². The van der Waals surface area contributed by atoms with Crippen molar-refractivity contribution in [3.8, 4) is 5.75 Å². The van der Waals surface area contributed by atoms with Crippen molar-refractivity contribution >= 4 is 11.9 Å². The Morgan fingerprint density at radius 2 is 1.91 bits per heavy atom. The average Bonchev–Trinajstić information content (AvgIpc) is 3.28. The Morgan fingerprint density at radius 3 is 2.41 bits per heavy atom. The molecule has 0 bridgehead atoms. The highest BCUT2D eigenvalue weighted by atomic mass is 16.5. The lowest BCUT2D eigenvalue weighted by Gasteiger charge is -2.11. The first-order valence-electron chi connectivity index (χ1n) is 7.67. The van der Waals surface area contributed by atoms with E-state index < -0.39 is 11.4 Å². The van der Waals surface area contributed by atoms with Crippen molar-refractivity contribution in [2.45, 2.75) is 33.1 Å². The summed E-state index contributed by atoms with van der Waals surface area (Å²) in [6.45, 7) is 5.33. The van der Waals surface area contributed by atoms with Crippen molar-refractivity contribution < 1.29 is 19.4 Å². The number of amides is 1. The molecule has 0 saturated heterocycles. The van der Waals surface area contributed by atoms with E-state index in [0.717, 1.165) is 11.3 Å². The van der Waals surface area contributed by atoms with Crippen LogP contribution in [0.3, 0.4) is 0 Å². The Hall–Kier alpha value is -2.04. The van der Waals surface area contributed by atoms with E-state index in [1.54, 1.807) is 0 Å². The molecule has 1 aliphatic rings. The number of carboxylic acids is 1. The molecule has 0 unspecified atom stereocenters. The maximum absolute atomic E-state index is 11.9.